The Balaban J connectivity index is 1.53. The van der Waals surface area contributed by atoms with Gasteiger partial charge in [0, 0.05) is 31.2 Å². The van der Waals surface area contributed by atoms with E-state index in [2.05, 4.69) is 5.32 Å². The minimum absolute atomic E-state index is 0.0155. The van der Waals surface area contributed by atoms with E-state index in [1.165, 1.54) is 11.4 Å². The van der Waals surface area contributed by atoms with Crippen molar-refractivity contribution < 1.29 is 26.7 Å². The van der Waals surface area contributed by atoms with Gasteiger partial charge < -0.3 is 15.0 Å². The molecule has 1 aliphatic rings. The normalized spacial score (nSPS) is 17.1. The van der Waals surface area contributed by atoms with Crippen LogP contribution < -0.4 is 14.4 Å². The van der Waals surface area contributed by atoms with Crippen molar-refractivity contribution in [3.8, 4) is 16.9 Å². The zero-order chi connectivity index (χ0) is 31.8. The molecule has 1 N–H and O–H groups in total. The number of benzene rings is 3. The van der Waals surface area contributed by atoms with E-state index in [1.54, 1.807) is 24.1 Å². The van der Waals surface area contributed by atoms with Crippen LogP contribution in [-0.4, -0.2) is 58.8 Å². The van der Waals surface area contributed by atoms with Crippen LogP contribution in [0.4, 0.5) is 14.5 Å². The quantitative estimate of drug-likeness (QED) is 0.208. The van der Waals surface area contributed by atoms with Crippen LogP contribution in [-0.2, 0) is 16.6 Å². The first-order chi connectivity index (χ1) is 20.9. The van der Waals surface area contributed by atoms with Crippen molar-refractivity contribution in [1.82, 2.24) is 10.2 Å². The van der Waals surface area contributed by atoms with Gasteiger partial charge in [-0.1, -0.05) is 29.8 Å². The second-order valence-corrected chi connectivity index (χ2v) is 14.4. The van der Waals surface area contributed by atoms with E-state index in [0.717, 1.165) is 72.1 Å². The second kappa shape index (κ2) is 13.0. The molecule has 12 heteroatoms. The SMILES string of the molecule is CN[C@H]1CC[C@H](N(Cc2cc(-c3ccc(N(C)S(C)(=O)=O)cc3)ccc2OC)C(=O)c2sc3c(F)ccc(F)c3c2Cl)CC1. The predicted octanol–water partition coefficient (Wildman–Crippen LogP) is 7.08. The van der Waals surface area contributed by atoms with Crippen LogP contribution in [0.3, 0.4) is 0 Å². The van der Waals surface area contributed by atoms with Gasteiger partial charge in [0.15, 0.2) is 0 Å². The molecule has 1 saturated carbocycles. The minimum atomic E-state index is -3.40. The maximum atomic E-state index is 14.7. The number of fused-ring (bicyclic) bond motifs is 1. The molecular formula is C32H34ClF2N3O4S2. The van der Waals surface area contributed by atoms with Gasteiger partial charge in [0.1, 0.15) is 22.3 Å². The van der Waals surface area contributed by atoms with Crippen LogP contribution in [0.5, 0.6) is 5.75 Å². The average molecular weight is 662 g/mol. The number of halogens is 3. The number of carbonyl (C=O) groups is 1. The molecule has 0 saturated heterocycles. The van der Waals surface area contributed by atoms with Gasteiger partial charge in [-0.3, -0.25) is 9.10 Å². The third-order valence-corrected chi connectivity index (χ3v) is 11.2. The highest BCUT2D eigenvalue weighted by Gasteiger charge is 2.33. The Morgan fingerprint density at radius 1 is 1.02 bits per heavy atom. The average Bonchev–Trinajstić information content (AvgIpc) is 3.38. The molecule has 0 aliphatic heterocycles. The van der Waals surface area contributed by atoms with Crippen molar-refractivity contribution in [1.29, 1.82) is 0 Å². The monoisotopic (exact) mass is 661 g/mol. The number of ether oxygens (including phenoxy) is 1. The standard InChI is InChI=1S/C32H34ClF2N3O4S2/c1-36-22-8-12-24(13-9-22)38(32(39)31-29(33)28-25(34)14-15-26(35)30(28)43-31)18-21-17-20(7-16-27(21)42-3)19-5-10-23(11-6-19)37(2)44(4,40)41/h5-7,10-11,14-17,22,24,36H,8-9,12-13,18H2,1-4H3/t22-,24-. The number of thiophene rings is 1. The van der Waals surface area contributed by atoms with Crippen molar-refractivity contribution >= 4 is 54.6 Å². The highest BCUT2D eigenvalue weighted by molar-refractivity contribution is 7.92. The summed E-state index contributed by atoms with van der Waals surface area (Å²) < 4.78 is 60.2. The van der Waals surface area contributed by atoms with Crippen LogP contribution in [0, 0.1) is 11.6 Å². The first kappa shape index (κ1) is 32.2. The number of hydrogen-bond acceptors (Lipinski definition) is 6. The first-order valence-electron chi connectivity index (χ1n) is 14.2. The molecule has 4 aromatic rings. The van der Waals surface area contributed by atoms with Gasteiger partial charge in [0.2, 0.25) is 10.0 Å². The van der Waals surface area contributed by atoms with Gasteiger partial charge in [-0.2, -0.15) is 0 Å². The van der Waals surface area contributed by atoms with E-state index >= 15 is 0 Å². The maximum absolute atomic E-state index is 14.7. The number of sulfonamides is 1. The number of hydrogen-bond donors (Lipinski definition) is 1. The lowest BCUT2D eigenvalue weighted by atomic mass is 9.89. The van der Waals surface area contributed by atoms with Crippen LogP contribution in [0.2, 0.25) is 5.02 Å². The fourth-order valence-corrected chi connectivity index (χ4v) is 7.74. The fraction of sp³-hybridized carbons (Fsp3) is 0.344. The van der Waals surface area contributed by atoms with E-state index in [-0.39, 0.29) is 38.5 Å². The summed E-state index contributed by atoms with van der Waals surface area (Å²) in [6.45, 7) is 0.190. The number of nitrogens with zero attached hydrogens (tertiary/aromatic N) is 2. The zero-order valence-corrected chi connectivity index (χ0v) is 27.3. The Kier molecular flexibility index (Phi) is 9.50. The molecule has 1 aromatic heterocycles. The number of amides is 1. The summed E-state index contributed by atoms with van der Waals surface area (Å²) in [5, 5.41) is 3.15. The number of methoxy groups -OCH3 is 1. The van der Waals surface area contributed by atoms with Gasteiger partial charge >= 0.3 is 0 Å². The minimum Gasteiger partial charge on any atom is -0.496 e. The molecule has 0 atom stereocenters. The fourth-order valence-electron chi connectivity index (χ4n) is 5.73. The number of rotatable bonds is 9. The molecule has 0 bridgehead atoms. The molecule has 3 aromatic carbocycles. The van der Waals surface area contributed by atoms with Crippen LogP contribution >= 0.6 is 22.9 Å². The molecule has 1 heterocycles. The lowest BCUT2D eigenvalue weighted by molar-refractivity contribution is 0.0604. The van der Waals surface area contributed by atoms with Crippen molar-refractivity contribution in [2.75, 3.05) is 31.8 Å². The van der Waals surface area contributed by atoms with Crippen LogP contribution in [0.25, 0.3) is 21.2 Å². The van der Waals surface area contributed by atoms with Crippen LogP contribution in [0.1, 0.15) is 40.9 Å². The third kappa shape index (κ3) is 6.42. The molecule has 1 fully saturated rings. The molecule has 1 aliphatic carbocycles. The summed E-state index contributed by atoms with van der Waals surface area (Å²) in [7, 11) is 1.59. The van der Waals surface area contributed by atoms with Gasteiger partial charge in [-0.05, 0) is 80.3 Å². The van der Waals surface area contributed by atoms with E-state index in [0.29, 0.717) is 17.5 Å². The van der Waals surface area contributed by atoms with E-state index in [4.69, 9.17) is 16.3 Å². The molecule has 0 radical (unpaired) electrons. The molecule has 7 nitrogen and oxygen atoms in total. The Morgan fingerprint density at radius 3 is 2.25 bits per heavy atom. The number of nitrogens with one attached hydrogen (secondary N) is 1. The molecule has 0 unspecified atom stereocenters. The highest BCUT2D eigenvalue weighted by atomic mass is 35.5. The Bertz CT molecular complexity index is 1790. The second-order valence-electron chi connectivity index (χ2n) is 11.0. The summed E-state index contributed by atoms with van der Waals surface area (Å²) in [5.41, 5.74) is 2.99. The Morgan fingerprint density at radius 2 is 1.66 bits per heavy atom. The van der Waals surface area contributed by atoms with Gasteiger partial charge in [-0.15, -0.1) is 11.3 Å². The van der Waals surface area contributed by atoms with Gasteiger partial charge in [0.05, 0.1) is 34.2 Å². The van der Waals surface area contributed by atoms with Crippen molar-refractivity contribution in [3.63, 3.8) is 0 Å². The highest BCUT2D eigenvalue weighted by Crippen LogP contribution is 2.40. The molecule has 5 rings (SSSR count). The number of anilines is 1. The van der Waals surface area contributed by atoms with Crippen LogP contribution in [0.15, 0.2) is 54.6 Å². The van der Waals surface area contributed by atoms with Gasteiger partial charge in [0.25, 0.3) is 5.91 Å². The van der Waals surface area contributed by atoms with E-state index in [1.807, 2.05) is 37.4 Å². The van der Waals surface area contributed by atoms with Crippen molar-refractivity contribution in [2.24, 2.45) is 0 Å². The Labute approximate surface area is 265 Å². The summed E-state index contributed by atoms with van der Waals surface area (Å²) in [4.78, 5) is 16.1. The smallest absolute Gasteiger partial charge is 0.266 e. The molecule has 1 amide bonds. The van der Waals surface area contributed by atoms with Crippen molar-refractivity contribution in [3.05, 3.63) is 81.7 Å². The summed E-state index contributed by atoms with van der Waals surface area (Å²) in [6.07, 6.45) is 4.40. The summed E-state index contributed by atoms with van der Waals surface area (Å²) >= 11 is 7.44. The topological polar surface area (TPSA) is 78.9 Å². The van der Waals surface area contributed by atoms with E-state index < -0.39 is 21.7 Å². The predicted molar refractivity (Wildman–Crippen MR) is 173 cm³/mol. The largest absolute Gasteiger partial charge is 0.496 e. The molecule has 44 heavy (non-hydrogen) atoms. The van der Waals surface area contributed by atoms with E-state index in [9.17, 15) is 22.0 Å². The molecule has 234 valence electrons. The maximum Gasteiger partial charge on any atom is 0.266 e. The van der Waals surface area contributed by atoms with Crippen molar-refractivity contribution in [2.45, 2.75) is 44.3 Å². The summed E-state index contributed by atoms with van der Waals surface area (Å²) in [5.74, 6) is -1.10. The summed E-state index contributed by atoms with van der Waals surface area (Å²) in [6, 6.07) is 15.1. The lowest BCUT2D eigenvalue weighted by Gasteiger charge is -2.37. The molecular weight excluding hydrogens is 628 g/mol. The zero-order valence-electron chi connectivity index (χ0n) is 24.9. The Hall–Kier alpha value is -3.25. The first-order valence-corrected chi connectivity index (χ1v) is 17.2. The lowest BCUT2D eigenvalue weighted by Crippen LogP contribution is -2.44. The van der Waals surface area contributed by atoms with Gasteiger partial charge in [-0.25, -0.2) is 17.2 Å². The third-order valence-electron chi connectivity index (χ3n) is 8.37. The number of carbonyl (C=O) groups excluding carboxylic acids is 1. The molecule has 0 spiro atoms.